The third-order valence-electron chi connectivity index (χ3n) is 6.28. The van der Waals surface area contributed by atoms with Crippen LogP contribution in [-0.2, 0) is 16.1 Å². The number of furan rings is 1. The van der Waals surface area contributed by atoms with Crippen molar-refractivity contribution >= 4 is 11.8 Å². The molecule has 0 radical (unpaired) electrons. The van der Waals surface area contributed by atoms with Gasteiger partial charge in [0.1, 0.15) is 11.5 Å². The van der Waals surface area contributed by atoms with Crippen LogP contribution < -0.4 is 10.6 Å². The van der Waals surface area contributed by atoms with Crippen molar-refractivity contribution in [1.29, 1.82) is 0 Å². The lowest BCUT2D eigenvalue weighted by atomic mass is 9.53. The summed E-state index contributed by atoms with van der Waals surface area (Å²) in [5.74, 6) is 3.94. The third kappa shape index (κ3) is 3.75. The van der Waals surface area contributed by atoms with E-state index in [1.54, 1.807) is 0 Å². The number of hydrogen-bond donors (Lipinski definition) is 2. The van der Waals surface area contributed by atoms with Crippen LogP contribution in [0.4, 0.5) is 0 Å². The zero-order valence-corrected chi connectivity index (χ0v) is 15.0. The molecule has 0 unspecified atom stereocenters. The van der Waals surface area contributed by atoms with Gasteiger partial charge in [0.25, 0.3) is 0 Å². The fraction of sp³-hybridized carbons (Fsp3) is 0.700. The van der Waals surface area contributed by atoms with Crippen LogP contribution in [-0.4, -0.2) is 17.4 Å². The number of carbonyl (C=O) groups excluding carboxylic acids is 2. The normalized spacial score (nSPS) is 32.6. The van der Waals surface area contributed by atoms with Gasteiger partial charge in [0.2, 0.25) is 11.8 Å². The Labute approximate surface area is 148 Å². The number of carbonyl (C=O) groups is 2. The van der Waals surface area contributed by atoms with Crippen molar-refractivity contribution in [2.75, 3.05) is 0 Å². The lowest BCUT2D eigenvalue weighted by molar-refractivity contribution is -0.130. The Morgan fingerprint density at radius 2 is 1.64 bits per heavy atom. The molecule has 0 aromatic carbocycles. The van der Waals surface area contributed by atoms with Gasteiger partial charge < -0.3 is 15.1 Å². The summed E-state index contributed by atoms with van der Waals surface area (Å²) in [5, 5.41) is 6.13. The van der Waals surface area contributed by atoms with E-state index < -0.39 is 0 Å². The van der Waals surface area contributed by atoms with E-state index in [4.69, 9.17) is 4.42 Å². The minimum Gasteiger partial charge on any atom is -0.465 e. The van der Waals surface area contributed by atoms with Gasteiger partial charge in [-0.15, -0.1) is 0 Å². The van der Waals surface area contributed by atoms with Crippen LogP contribution in [0.25, 0.3) is 0 Å². The highest BCUT2D eigenvalue weighted by Gasteiger charge is 2.51. The van der Waals surface area contributed by atoms with Gasteiger partial charge in [0.15, 0.2) is 0 Å². The van der Waals surface area contributed by atoms with E-state index in [9.17, 15) is 9.59 Å². The Balaban J connectivity index is 1.22. The fourth-order valence-corrected chi connectivity index (χ4v) is 5.70. The van der Waals surface area contributed by atoms with E-state index in [0.717, 1.165) is 48.5 Å². The summed E-state index contributed by atoms with van der Waals surface area (Å²) in [4.78, 5) is 24.4. The Morgan fingerprint density at radius 3 is 2.20 bits per heavy atom. The van der Waals surface area contributed by atoms with Crippen molar-refractivity contribution in [3.8, 4) is 0 Å². The highest BCUT2D eigenvalue weighted by Crippen LogP contribution is 2.55. The van der Waals surface area contributed by atoms with Crippen LogP contribution >= 0.6 is 0 Å². The second-order valence-electron chi connectivity index (χ2n) is 8.54. The van der Waals surface area contributed by atoms with Crippen LogP contribution in [0.3, 0.4) is 0 Å². The van der Waals surface area contributed by atoms with E-state index in [0.29, 0.717) is 6.54 Å². The SMILES string of the molecule is Cc1ccc(CNC(=O)CCC(=O)NC23CC4CC(CC(C4)C2)C3)o1. The molecule has 5 heteroatoms. The molecular formula is C20H28N2O3. The zero-order chi connectivity index (χ0) is 17.4. The number of hydrogen-bond acceptors (Lipinski definition) is 3. The number of nitrogens with one attached hydrogen (secondary N) is 2. The van der Waals surface area contributed by atoms with Crippen LogP contribution in [0.15, 0.2) is 16.5 Å². The monoisotopic (exact) mass is 344 g/mol. The predicted octanol–water partition coefficient (Wildman–Crippen LogP) is 3.07. The molecule has 25 heavy (non-hydrogen) atoms. The predicted molar refractivity (Wildman–Crippen MR) is 93.6 cm³/mol. The minimum absolute atomic E-state index is 0.0333. The first-order valence-corrected chi connectivity index (χ1v) is 9.63. The molecule has 4 bridgehead atoms. The molecule has 1 aromatic heterocycles. The summed E-state index contributed by atoms with van der Waals surface area (Å²) >= 11 is 0. The zero-order valence-electron chi connectivity index (χ0n) is 15.0. The van der Waals surface area contributed by atoms with Gasteiger partial charge in [-0.25, -0.2) is 0 Å². The van der Waals surface area contributed by atoms with E-state index in [-0.39, 0.29) is 30.2 Å². The topological polar surface area (TPSA) is 71.3 Å². The summed E-state index contributed by atoms with van der Waals surface area (Å²) in [6.07, 6.45) is 8.04. The molecule has 0 spiro atoms. The first kappa shape index (κ1) is 16.7. The van der Waals surface area contributed by atoms with Crippen LogP contribution in [0, 0.1) is 24.7 Å². The molecule has 2 N–H and O–H groups in total. The van der Waals surface area contributed by atoms with Gasteiger partial charge >= 0.3 is 0 Å². The maximum Gasteiger partial charge on any atom is 0.220 e. The molecule has 1 heterocycles. The van der Waals surface area contributed by atoms with Crippen molar-refractivity contribution in [3.63, 3.8) is 0 Å². The van der Waals surface area contributed by atoms with E-state index in [1.165, 1.54) is 19.3 Å². The summed E-state index contributed by atoms with van der Waals surface area (Å²) in [5.41, 5.74) is 0.0357. The molecule has 5 rings (SSSR count). The first-order chi connectivity index (χ1) is 12.0. The largest absolute Gasteiger partial charge is 0.465 e. The third-order valence-corrected chi connectivity index (χ3v) is 6.28. The molecule has 0 atom stereocenters. The molecule has 4 aliphatic carbocycles. The van der Waals surface area contributed by atoms with Gasteiger partial charge in [0.05, 0.1) is 6.54 Å². The summed E-state index contributed by atoms with van der Waals surface area (Å²) in [6.45, 7) is 2.25. The lowest BCUT2D eigenvalue weighted by Gasteiger charge is -2.56. The number of amides is 2. The molecule has 4 fully saturated rings. The lowest BCUT2D eigenvalue weighted by Crippen LogP contribution is -2.59. The Hall–Kier alpha value is -1.78. The standard InChI is InChI=1S/C20H28N2O3/c1-13-2-3-17(25-13)12-21-18(23)4-5-19(24)22-20-9-14-6-15(10-20)8-16(7-14)11-20/h2-3,14-16H,4-12H2,1H3,(H,21,23)(H,22,24). The number of rotatable bonds is 6. The van der Waals surface area contributed by atoms with Crippen molar-refractivity contribution in [1.82, 2.24) is 10.6 Å². The molecule has 136 valence electrons. The van der Waals surface area contributed by atoms with E-state index >= 15 is 0 Å². The van der Waals surface area contributed by atoms with Crippen LogP contribution in [0.1, 0.15) is 62.9 Å². The molecule has 4 aliphatic rings. The Morgan fingerprint density at radius 1 is 1.04 bits per heavy atom. The van der Waals surface area contributed by atoms with Gasteiger partial charge in [-0.2, -0.15) is 0 Å². The molecule has 5 nitrogen and oxygen atoms in total. The van der Waals surface area contributed by atoms with Crippen LogP contribution in [0.5, 0.6) is 0 Å². The fourth-order valence-electron chi connectivity index (χ4n) is 5.70. The highest BCUT2D eigenvalue weighted by molar-refractivity contribution is 5.84. The summed E-state index contributed by atoms with van der Waals surface area (Å²) < 4.78 is 5.42. The Kier molecular flexibility index (Phi) is 4.34. The molecule has 2 amide bonds. The smallest absolute Gasteiger partial charge is 0.220 e. The second kappa shape index (κ2) is 6.50. The van der Waals surface area contributed by atoms with Gasteiger partial charge in [-0.3, -0.25) is 9.59 Å². The van der Waals surface area contributed by atoms with Crippen molar-refractivity contribution < 1.29 is 14.0 Å². The maximum absolute atomic E-state index is 12.4. The van der Waals surface area contributed by atoms with Gasteiger partial charge in [-0.1, -0.05) is 0 Å². The van der Waals surface area contributed by atoms with Crippen molar-refractivity contribution in [2.24, 2.45) is 17.8 Å². The minimum atomic E-state index is -0.102. The maximum atomic E-state index is 12.4. The van der Waals surface area contributed by atoms with Gasteiger partial charge in [0, 0.05) is 18.4 Å². The Bertz CT molecular complexity index is 628. The molecular weight excluding hydrogens is 316 g/mol. The van der Waals surface area contributed by atoms with E-state index in [2.05, 4.69) is 10.6 Å². The molecule has 0 aliphatic heterocycles. The van der Waals surface area contributed by atoms with Crippen molar-refractivity contribution in [2.45, 2.75) is 70.4 Å². The molecule has 4 saturated carbocycles. The highest BCUT2D eigenvalue weighted by atomic mass is 16.3. The summed E-state index contributed by atoms with van der Waals surface area (Å²) in [7, 11) is 0. The van der Waals surface area contributed by atoms with E-state index in [1.807, 2.05) is 19.1 Å². The average molecular weight is 344 g/mol. The first-order valence-electron chi connectivity index (χ1n) is 9.63. The summed E-state index contributed by atoms with van der Waals surface area (Å²) in [6, 6.07) is 3.73. The van der Waals surface area contributed by atoms with Gasteiger partial charge in [-0.05, 0) is 75.3 Å². The van der Waals surface area contributed by atoms with Crippen LogP contribution in [0.2, 0.25) is 0 Å². The second-order valence-corrected chi connectivity index (χ2v) is 8.54. The molecule has 1 aromatic rings. The quantitative estimate of drug-likeness (QED) is 0.833. The average Bonchev–Trinajstić information content (AvgIpc) is 2.94. The van der Waals surface area contributed by atoms with Crippen molar-refractivity contribution in [3.05, 3.63) is 23.7 Å². The number of aryl methyl sites for hydroxylation is 1. The molecule has 0 saturated heterocycles.